The van der Waals surface area contributed by atoms with E-state index < -0.39 is 12.0 Å². The number of nitrogens with zero attached hydrogens (tertiary/aromatic N) is 1. The second-order valence-electron chi connectivity index (χ2n) is 4.87. The third-order valence-corrected chi connectivity index (χ3v) is 3.19. The fourth-order valence-electron chi connectivity index (χ4n) is 2.04. The Hall–Kier alpha value is -2.63. The fourth-order valence-corrected chi connectivity index (χ4v) is 2.04. The van der Waals surface area contributed by atoms with E-state index in [1.165, 1.54) is 0 Å². The van der Waals surface area contributed by atoms with Crippen molar-refractivity contribution in [2.45, 2.75) is 19.4 Å². The molecule has 0 unspecified atom stereocenters. The Morgan fingerprint density at radius 3 is 2.62 bits per heavy atom. The number of H-pyrrole nitrogens is 1. The number of carboxylic acids is 1. The van der Waals surface area contributed by atoms with Gasteiger partial charge in [-0.05, 0) is 5.56 Å². The third-order valence-electron chi connectivity index (χ3n) is 3.19. The van der Waals surface area contributed by atoms with Crippen LogP contribution in [0.4, 0.5) is 0 Å². The van der Waals surface area contributed by atoms with Crippen molar-refractivity contribution in [2.75, 3.05) is 0 Å². The summed E-state index contributed by atoms with van der Waals surface area (Å²) in [5.41, 5.74) is 1.39. The van der Waals surface area contributed by atoms with Gasteiger partial charge in [-0.15, -0.1) is 0 Å². The Labute approximate surface area is 122 Å². The standard InChI is InChI=1S/C15H17N3O3/c1-10(7-12-8-16-9-17-12)14(19)18-13(15(20)21)11-5-3-2-4-6-11/h2-6,8-10,13H,7H2,1H3,(H,16,17)(H,18,19)(H,20,21)/t10-,13+/m0/s1. The number of hydrogen-bond acceptors (Lipinski definition) is 3. The van der Waals surface area contributed by atoms with Crippen LogP contribution in [0.2, 0.25) is 0 Å². The minimum Gasteiger partial charge on any atom is -0.479 e. The van der Waals surface area contributed by atoms with E-state index in [0.29, 0.717) is 12.0 Å². The molecule has 1 heterocycles. The van der Waals surface area contributed by atoms with Crippen LogP contribution in [0.5, 0.6) is 0 Å². The molecule has 1 aromatic heterocycles. The molecule has 1 amide bonds. The van der Waals surface area contributed by atoms with Crippen LogP contribution in [0, 0.1) is 5.92 Å². The summed E-state index contributed by atoms with van der Waals surface area (Å²) >= 11 is 0. The third kappa shape index (κ3) is 3.92. The Morgan fingerprint density at radius 1 is 1.33 bits per heavy atom. The van der Waals surface area contributed by atoms with Crippen LogP contribution in [0.25, 0.3) is 0 Å². The number of nitrogens with one attached hydrogen (secondary N) is 2. The first-order valence-corrected chi connectivity index (χ1v) is 6.63. The molecule has 6 heteroatoms. The molecule has 2 aromatic rings. The van der Waals surface area contributed by atoms with Crippen LogP contribution in [0.1, 0.15) is 24.2 Å². The highest BCUT2D eigenvalue weighted by Crippen LogP contribution is 2.14. The molecule has 3 N–H and O–H groups in total. The van der Waals surface area contributed by atoms with E-state index in [2.05, 4.69) is 15.3 Å². The molecule has 0 saturated heterocycles. The van der Waals surface area contributed by atoms with Gasteiger partial charge in [-0.25, -0.2) is 9.78 Å². The smallest absolute Gasteiger partial charge is 0.330 e. The van der Waals surface area contributed by atoms with Crippen LogP contribution < -0.4 is 5.32 Å². The Morgan fingerprint density at radius 2 is 2.05 bits per heavy atom. The Bertz CT molecular complexity index is 596. The predicted molar refractivity (Wildman–Crippen MR) is 76.4 cm³/mol. The highest BCUT2D eigenvalue weighted by molar-refractivity contribution is 5.85. The number of amides is 1. The van der Waals surface area contributed by atoms with E-state index in [4.69, 9.17) is 0 Å². The van der Waals surface area contributed by atoms with Crippen molar-refractivity contribution in [2.24, 2.45) is 5.92 Å². The molecule has 21 heavy (non-hydrogen) atoms. The molecule has 0 bridgehead atoms. The maximum atomic E-state index is 12.1. The monoisotopic (exact) mass is 287 g/mol. The molecular weight excluding hydrogens is 270 g/mol. The molecule has 0 saturated carbocycles. The number of aromatic amines is 1. The van der Waals surface area contributed by atoms with Gasteiger partial charge in [-0.1, -0.05) is 37.3 Å². The Kier molecular flexibility index (Phi) is 4.71. The summed E-state index contributed by atoms with van der Waals surface area (Å²) in [5.74, 6) is -1.74. The second-order valence-corrected chi connectivity index (χ2v) is 4.87. The zero-order valence-corrected chi connectivity index (χ0v) is 11.6. The highest BCUT2D eigenvalue weighted by Gasteiger charge is 2.24. The highest BCUT2D eigenvalue weighted by atomic mass is 16.4. The number of aromatic nitrogens is 2. The van der Waals surface area contributed by atoms with Gasteiger partial charge in [-0.3, -0.25) is 4.79 Å². The van der Waals surface area contributed by atoms with Gasteiger partial charge in [-0.2, -0.15) is 0 Å². The van der Waals surface area contributed by atoms with Gasteiger partial charge >= 0.3 is 5.97 Å². The van der Waals surface area contributed by atoms with E-state index in [1.807, 2.05) is 0 Å². The molecule has 1 aromatic carbocycles. The number of imidazole rings is 1. The summed E-state index contributed by atoms with van der Waals surface area (Å²) in [6, 6.07) is 7.60. The molecule has 2 rings (SSSR count). The fraction of sp³-hybridized carbons (Fsp3) is 0.267. The zero-order chi connectivity index (χ0) is 15.2. The lowest BCUT2D eigenvalue weighted by molar-refractivity contribution is -0.142. The van der Waals surface area contributed by atoms with Gasteiger partial charge in [0.1, 0.15) is 0 Å². The van der Waals surface area contributed by atoms with Crippen molar-refractivity contribution >= 4 is 11.9 Å². The normalized spacial score (nSPS) is 13.4. The summed E-state index contributed by atoms with van der Waals surface area (Å²) in [7, 11) is 0. The molecular formula is C15H17N3O3. The molecule has 0 spiro atoms. The summed E-state index contributed by atoms with van der Waals surface area (Å²) in [6.07, 6.45) is 3.67. The molecule has 6 nitrogen and oxygen atoms in total. The summed E-state index contributed by atoms with van der Waals surface area (Å²) < 4.78 is 0. The van der Waals surface area contributed by atoms with Gasteiger partial charge < -0.3 is 15.4 Å². The minimum atomic E-state index is -1.08. The minimum absolute atomic E-state index is 0.305. The second kappa shape index (κ2) is 6.69. The van der Waals surface area contributed by atoms with E-state index in [1.54, 1.807) is 49.8 Å². The molecule has 0 aliphatic heterocycles. The molecule has 0 fully saturated rings. The number of benzene rings is 1. The van der Waals surface area contributed by atoms with E-state index in [-0.39, 0.29) is 11.8 Å². The van der Waals surface area contributed by atoms with Crippen molar-refractivity contribution in [1.82, 2.24) is 15.3 Å². The molecule has 2 atom stereocenters. The van der Waals surface area contributed by atoms with Gasteiger partial charge in [0.25, 0.3) is 0 Å². The van der Waals surface area contributed by atoms with E-state index in [9.17, 15) is 14.7 Å². The van der Waals surface area contributed by atoms with Crippen molar-refractivity contribution in [3.05, 3.63) is 54.1 Å². The van der Waals surface area contributed by atoms with Crippen molar-refractivity contribution in [3.63, 3.8) is 0 Å². The van der Waals surface area contributed by atoms with E-state index in [0.717, 1.165) is 5.69 Å². The molecule has 0 aliphatic rings. The number of carbonyl (C=O) groups is 2. The van der Waals surface area contributed by atoms with Gasteiger partial charge in [0.2, 0.25) is 5.91 Å². The number of hydrogen-bond donors (Lipinski definition) is 3. The van der Waals surface area contributed by atoms with Crippen molar-refractivity contribution in [1.29, 1.82) is 0 Å². The summed E-state index contributed by atoms with van der Waals surface area (Å²) in [4.78, 5) is 30.3. The van der Waals surface area contributed by atoms with Crippen LogP contribution in [-0.4, -0.2) is 27.0 Å². The predicted octanol–water partition coefficient (Wildman–Crippen LogP) is 1.53. The lowest BCUT2D eigenvalue weighted by atomic mass is 10.0. The lowest BCUT2D eigenvalue weighted by Crippen LogP contribution is -2.37. The maximum Gasteiger partial charge on any atom is 0.330 e. The van der Waals surface area contributed by atoms with Crippen LogP contribution in [0.15, 0.2) is 42.9 Å². The molecule has 110 valence electrons. The van der Waals surface area contributed by atoms with Crippen LogP contribution >= 0.6 is 0 Å². The number of carbonyl (C=O) groups excluding carboxylic acids is 1. The number of aliphatic carboxylic acids is 1. The number of rotatable bonds is 6. The number of carboxylic acid groups (broad SMARTS) is 1. The van der Waals surface area contributed by atoms with E-state index >= 15 is 0 Å². The zero-order valence-electron chi connectivity index (χ0n) is 11.6. The van der Waals surface area contributed by atoms with Gasteiger partial charge in [0.05, 0.1) is 6.33 Å². The SMILES string of the molecule is C[C@@H](Cc1cnc[nH]1)C(=O)N[C@@H](C(=O)O)c1ccccc1. The van der Waals surface area contributed by atoms with Crippen LogP contribution in [-0.2, 0) is 16.0 Å². The molecule has 0 radical (unpaired) electrons. The first-order valence-electron chi connectivity index (χ1n) is 6.63. The summed E-state index contributed by atoms with van der Waals surface area (Å²) in [5, 5.41) is 11.9. The Balaban J connectivity index is 2.03. The largest absolute Gasteiger partial charge is 0.479 e. The molecule has 0 aliphatic carbocycles. The average molecular weight is 287 g/mol. The van der Waals surface area contributed by atoms with Gasteiger partial charge in [0.15, 0.2) is 6.04 Å². The van der Waals surface area contributed by atoms with Crippen molar-refractivity contribution in [3.8, 4) is 0 Å². The first-order chi connectivity index (χ1) is 10.1. The maximum absolute atomic E-state index is 12.1. The quantitative estimate of drug-likeness (QED) is 0.751. The van der Waals surface area contributed by atoms with Crippen LogP contribution in [0.3, 0.4) is 0 Å². The van der Waals surface area contributed by atoms with Gasteiger partial charge in [0, 0.05) is 24.2 Å². The lowest BCUT2D eigenvalue weighted by Gasteiger charge is -2.17. The average Bonchev–Trinajstić information content (AvgIpc) is 2.98. The topological polar surface area (TPSA) is 95.1 Å². The summed E-state index contributed by atoms with van der Waals surface area (Å²) in [6.45, 7) is 1.75. The van der Waals surface area contributed by atoms with Crippen molar-refractivity contribution < 1.29 is 14.7 Å². The first kappa shape index (κ1) is 14.8.